The van der Waals surface area contributed by atoms with E-state index in [1.165, 1.54) is 25.2 Å². The summed E-state index contributed by atoms with van der Waals surface area (Å²) in [6.45, 7) is 1.85. The van der Waals surface area contributed by atoms with Crippen molar-refractivity contribution in [2.75, 3.05) is 7.05 Å². The van der Waals surface area contributed by atoms with E-state index in [9.17, 15) is 22.4 Å². The van der Waals surface area contributed by atoms with E-state index in [-0.39, 0.29) is 5.91 Å². The van der Waals surface area contributed by atoms with E-state index in [0.29, 0.717) is 24.0 Å². The van der Waals surface area contributed by atoms with Gasteiger partial charge in [-0.3, -0.25) is 10.1 Å². The Bertz CT molecular complexity index is 1070. The molecule has 0 aliphatic heterocycles. The fraction of sp³-hybridized carbons (Fsp3) is 0.269. The van der Waals surface area contributed by atoms with Gasteiger partial charge in [0.1, 0.15) is 11.9 Å². The molecule has 0 heterocycles. The molecule has 1 amide bonds. The van der Waals surface area contributed by atoms with Gasteiger partial charge in [-0.25, -0.2) is 4.39 Å². The molecule has 1 unspecified atom stereocenters. The summed E-state index contributed by atoms with van der Waals surface area (Å²) in [5.41, 5.74) is 1.98. The number of alkyl halides is 3. The van der Waals surface area contributed by atoms with E-state index >= 15 is 0 Å². The molecular weight excluding hydrogens is 432 g/mol. The van der Waals surface area contributed by atoms with E-state index in [1.807, 2.05) is 37.3 Å². The molecule has 2 N–H and O–H groups in total. The Hall–Kier alpha value is -3.19. The van der Waals surface area contributed by atoms with Gasteiger partial charge in [-0.05, 0) is 49.1 Å². The summed E-state index contributed by atoms with van der Waals surface area (Å²) in [5, 5.41) is 5.92. The molecule has 0 bridgehead atoms. The van der Waals surface area contributed by atoms with Crippen molar-refractivity contribution in [2.24, 2.45) is 0 Å². The summed E-state index contributed by atoms with van der Waals surface area (Å²) in [7, 11) is 1.53. The first-order valence-corrected chi connectivity index (χ1v) is 10.6. The van der Waals surface area contributed by atoms with Crippen LogP contribution in [0.5, 0.6) is 0 Å². The summed E-state index contributed by atoms with van der Waals surface area (Å²) < 4.78 is 53.4. The van der Waals surface area contributed by atoms with Crippen molar-refractivity contribution in [1.29, 1.82) is 0 Å². The number of rotatable bonds is 8. The predicted octanol–water partition coefficient (Wildman–Crippen LogP) is 5.90. The largest absolute Gasteiger partial charge is 0.416 e. The van der Waals surface area contributed by atoms with Gasteiger partial charge in [0.2, 0.25) is 5.91 Å². The molecule has 0 fully saturated rings. The zero-order valence-electron chi connectivity index (χ0n) is 18.4. The molecule has 0 spiro atoms. The second kappa shape index (κ2) is 10.6. The predicted molar refractivity (Wildman–Crippen MR) is 120 cm³/mol. The van der Waals surface area contributed by atoms with Crippen LogP contribution in [-0.2, 0) is 17.4 Å². The van der Waals surface area contributed by atoms with Crippen LogP contribution in [0.3, 0.4) is 0 Å². The van der Waals surface area contributed by atoms with Crippen molar-refractivity contribution in [2.45, 2.75) is 38.0 Å². The fourth-order valence-electron chi connectivity index (χ4n) is 3.74. The summed E-state index contributed by atoms with van der Waals surface area (Å²) in [6, 6.07) is 17.5. The van der Waals surface area contributed by atoms with Gasteiger partial charge in [0.15, 0.2) is 0 Å². The van der Waals surface area contributed by atoms with E-state index in [0.717, 1.165) is 23.3 Å². The third-order valence-electron chi connectivity index (χ3n) is 5.54. The van der Waals surface area contributed by atoms with Crippen molar-refractivity contribution in [3.8, 4) is 0 Å². The Morgan fingerprint density at radius 1 is 0.970 bits per heavy atom. The summed E-state index contributed by atoms with van der Waals surface area (Å²) >= 11 is 0. The zero-order chi connectivity index (χ0) is 24.0. The van der Waals surface area contributed by atoms with Gasteiger partial charge in [0.25, 0.3) is 0 Å². The lowest BCUT2D eigenvalue weighted by atomic mass is 9.94. The maximum Gasteiger partial charge on any atom is 0.416 e. The van der Waals surface area contributed by atoms with Gasteiger partial charge in [-0.1, -0.05) is 60.2 Å². The van der Waals surface area contributed by atoms with Crippen LogP contribution in [0, 0.1) is 12.7 Å². The van der Waals surface area contributed by atoms with Crippen molar-refractivity contribution in [3.63, 3.8) is 0 Å². The molecule has 33 heavy (non-hydrogen) atoms. The van der Waals surface area contributed by atoms with E-state index in [2.05, 4.69) is 10.6 Å². The Morgan fingerprint density at radius 2 is 1.64 bits per heavy atom. The van der Waals surface area contributed by atoms with Gasteiger partial charge < -0.3 is 5.32 Å². The molecule has 7 heteroatoms. The quantitative estimate of drug-likeness (QED) is 0.413. The molecule has 0 aromatic heterocycles. The highest BCUT2D eigenvalue weighted by atomic mass is 19.4. The van der Waals surface area contributed by atoms with Crippen LogP contribution in [0.15, 0.2) is 72.8 Å². The summed E-state index contributed by atoms with van der Waals surface area (Å²) in [5.74, 6) is -0.678. The molecular formula is C26H26F4N2O. The molecule has 0 aliphatic rings. The number of likely N-dealkylation sites (N-methyl/N-ethyl adjacent to an activating group) is 1. The number of carbonyl (C=O) groups excluding carboxylic acids is 1. The third kappa shape index (κ3) is 6.42. The second-order valence-corrected chi connectivity index (χ2v) is 7.94. The Balaban J connectivity index is 1.89. The number of aryl methyl sites for hydroxylation is 2. The van der Waals surface area contributed by atoms with Gasteiger partial charge in [-0.15, -0.1) is 0 Å². The molecule has 0 saturated heterocycles. The maximum atomic E-state index is 14.8. The molecule has 3 aromatic rings. The van der Waals surface area contributed by atoms with E-state index in [4.69, 9.17) is 0 Å². The van der Waals surface area contributed by atoms with Crippen LogP contribution in [0.4, 0.5) is 17.6 Å². The second-order valence-electron chi connectivity index (χ2n) is 7.94. The first-order valence-electron chi connectivity index (χ1n) is 10.6. The lowest BCUT2D eigenvalue weighted by molar-refractivity contribution is -0.137. The molecule has 174 valence electrons. The van der Waals surface area contributed by atoms with Crippen molar-refractivity contribution in [3.05, 3.63) is 106 Å². The van der Waals surface area contributed by atoms with Crippen LogP contribution < -0.4 is 10.6 Å². The maximum absolute atomic E-state index is 14.8. The lowest BCUT2D eigenvalue weighted by Crippen LogP contribution is -2.38. The standard InChI is InChI=1S/C26H26F4N2O/c1-17-8-14-22(27)21(16-17)23(15-11-18-9-12-20(13-10-18)26(28,29)30)32-24(25(33)31-2)19-6-4-3-5-7-19/h3-10,12-14,16,23-24,32H,11,15H2,1-2H3,(H,31,33)/t23-,24?/m0/s1. The van der Waals surface area contributed by atoms with Crippen LogP contribution in [0.2, 0.25) is 0 Å². The smallest absolute Gasteiger partial charge is 0.358 e. The average Bonchev–Trinajstić information content (AvgIpc) is 2.81. The Morgan fingerprint density at radius 3 is 2.24 bits per heavy atom. The highest BCUT2D eigenvalue weighted by Crippen LogP contribution is 2.30. The van der Waals surface area contributed by atoms with Gasteiger partial charge >= 0.3 is 6.18 Å². The number of nitrogens with one attached hydrogen (secondary N) is 2. The lowest BCUT2D eigenvalue weighted by Gasteiger charge is -2.26. The zero-order valence-corrected chi connectivity index (χ0v) is 18.4. The summed E-state index contributed by atoms with van der Waals surface area (Å²) in [4.78, 5) is 12.7. The van der Waals surface area contributed by atoms with Crippen molar-refractivity contribution >= 4 is 5.91 Å². The topological polar surface area (TPSA) is 41.1 Å². The van der Waals surface area contributed by atoms with Crippen LogP contribution >= 0.6 is 0 Å². The number of hydrogen-bond acceptors (Lipinski definition) is 2. The third-order valence-corrected chi connectivity index (χ3v) is 5.54. The first kappa shape index (κ1) is 24.5. The molecule has 3 nitrogen and oxygen atoms in total. The average molecular weight is 458 g/mol. The van der Waals surface area contributed by atoms with Gasteiger partial charge in [-0.2, -0.15) is 13.2 Å². The summed E-state index contributed by atoms with van der Waals surface area (Å²) in [6.07, 6.45) is -3.62. The number of benzene rings is 3. The van der Waals surface area contributed by atoms with Crippen LogP contribution in [0.1, 0.15) is 46.3 Å². The highest BCUT2D eigenvalue weighted by molar-refractivity contribution is 5.83. The van der Waals surface area contributed by atoms with Crippen LogP contribution in [-0.4, -0.2) is 13.0 Å². The Kier molecular flexibility index (Phi) is 7.87. The first-order chi connectivity index (χ1) is 15.7. The Labute approximate surface area is 190 Å². The van der Waals surface area contributed by atoms with Gasteiger partial charge in [0, 0.05) is 18.7 Å². The minimum atomic E-state index is -4.40. The molecule has 3 rings (SSSR count). The van der Waals surface area contributed by atoms with Crippen molar-refractivity contribution in [1.82, 2.24) is 10.6 Å². The van der Waals surface area contributed by atoms with E-state index < -0.39 is 29.6 Å². The van der Waals surface area contributed by atoms with Crippen LogP contribution in [0.25, 0.3) is 0 Å². The molecule has 3 aromatic carbocycles. The van der Waals surface area contributed by atoms with Crippen molar-refractivity contribution < 1.29 is 22.4 Å². The normalized spacial score (nSPS) is 13.4. The number of amides is 1. The number of halogens is 4. The minimum Gasteiger partial charge on any atom is -0.358 e. The molecule has 0 aliphatic carbocycles. The van der Waals surface area contributed by atoms with E-state index in [1.54, 1.807) is 12.1 Å². The monoisotopic (exact) mass is 458 g/mol. The number of carbonyl (C=O) groups is 1. The SMILES string of the molecule is CNC(=O)C(N[C@@H](CCc1ccc(C(F)(F)F)cc1)c1cc(C)ccc1F)c1ccccc1. The molecule has 0 saturated carbocycles. The van der Waals surface area contributed by atoms with Gasteiger partial charge in [0.05, 0.1) is 5.56 Å². The molecule has 2 atom stereocenters. The number of hydrogen-bond donors (Lipinski definition) is 2. The highest BCUT2D eigenvalue weighted by Gasteiger charge is 2.30. The minimum absolute atomic E-state index is 0.270. The fourth-order valence-corrected chi connectivity index (χ4v) is 3.74. The molecule has 0 radical (unpaired) electrons.